The summed E-state index contributed by atoms with van der Waals surface area (Å²) in [4.78, 5) is 7.98. The predicted molar refractivity (Wildman–Crippen MR) is 134 cm³/mol. The summed E-state index contributed by atoms with van der Waals surface area (Å²) in [6, 6.07) is 13.9. The van der Waals surface area contributed by atoms with Crippen LogP contribution in [-0.2, 0) is 20.0 Å². The van der Waals surface area contributed by atoms with E-state index in [1.807, 2.05) is 0 Å². The zero-order valence-electron chi connectivity index (χ0n) is 17.9. The first kappa shape index (κ1) is 24.0. The maximum Gasteiger partial charge on any atom is 0.264 e. The average Bonchev–Trinajstić information content (AvgIpc) is 3.36. The van der Waals surface area contributed by atoms with E-state index in [9.17, 15) is 16.8 Å². The fourth-order valence-electron chi connectivity index (χ4n) is 3.33. The van der Waals surface area contributed by atoms with E-state index in [0.717, 1.165) is 12.8 Å². The number of benzene rings is 2. The number of anilines is 3. The molecule has 1 aromatic heterocycles. The van der Waals surface area contributed by atoms with Gasteiger partial charge >= 0.3 is 0 Å². The average molecular weight is 519 g/mol. The molecule has 2 aromatic carbocycles. The molecular weight excluding hydrogens is 496 g/mol. The molecule has 0 amide bonds. The van der Waals surface area contributed by atoms with Crippen molar-refractivity contribution in [1.29, 1.82) is 0 Å². The van der Waals surface area contributed by atoms with Gasteiger partial charge in [-0.15, -0.1) is 0 Å². The van der Waals surface area contributed by atoms with E-state index in [1.165, 1.54) is 28.8 Å². The van der Waals surface area contributed by atoms with Gasteiger partial charge in [-0.3, -0.25) is 0 Å². The molecule has 0 spiro atoms. The lowest BCUT2D eigenvalue weighted by atomic mass is 10.3. The second-order valence-electron chi connectivity index (χ2n) is 7.42. The van der Waals surface area contributed by atoms with Gasteiger partial charge < -0.3 is 10.6 Å². The molecule has 0 aliphatic carbocycles. The molecule has 178 valence electrons. The van der Waals surface area contributed by atoms with Crippen molar-refractivity contribution in [3.05, 3.63) is 67.0 Å². The fourth-order valence-corrected chi connectivity index (χ4v) is 6.04. The number of nitrogens with zero attached hydrogens (tertiary/aromatic N) is 3. The van der Waals surface area contributed by atoms with Gasteiger partial charge in [0.25, 0.3) is 10.0 Å². The standard InChI is InChI=1S/C21H22N6O4S3/c28-33(29,26-20-22-12-3-13-23-20)18-8-4-16(5-9-18)24-21(32)25-17-6-10-19(11-7-17)34(30,31)27-14-1-2-15-27/h3-13H,1-2,14-15H2,(H,22,23,26)(H2,24,25,32). The molecule has 1 fully saturated rings. The molecule has 34 heavy (non-hydrogen) atoms. The first-order chi connectivity index (χ1) is 16.2. The van der Waals surface area contributed by atoms with Crippen molar-refractivity contribution in [2.75, 3.05) is 28.4 Å². The van der Waals surface area contributed by atoms with Crippen LogP contribution < -0.4 is 15.4 Å². The minimum atomic E-state index is -3.83. The molecule has 2 heterocycles. The highest BCUT2D eigenvalue weighted by Crippen LogP contribution is 2.22. The molecule has 1 aliphatic heterocycles. The van der Waals surface area contributed by atoms with Crippen LogP contribution in [0.1, 0.15) is 12.8 Å². The lowest BCUT2D eigenvalue weighted by molar-refractivity contribution is 0.477. The van der Waals surface area contributed by atoms with Crippen LogP contribution in [0.15, 0.2) is 76.8 Å². The van der Waals surface area contributed by atoms with Crippen LogP contribution >= 0.6 is 12.2 Å². The van der Waals surface area contributed by atoms with Crippen LogP contribution in [0, 0.1) is 0 Å². The monoisotopic (exact) mass is 518 g/mol. The molecule has 0 atom stereocenters. The number of hydrogen-bond donors (Lipinski definition) is 3. The van der Waals surface area contributed by atoms with Gasteiger partial charge in [0.2, 0.25) is 16.0 Å². The van der Waals surface area contributed by atoms with E-state index in [2.05, 4.69) is 25.3 Å². The van der Waals surface area contributed by atoms with Crippen molar-refractivity contribution < 1.29 is 16.8 Å². The summed E-state index contributed by atoms with van der Waals surface area (Å²) in [7, 11) is -7.31. The topological polar surface area (TPSA) is 133 Å². The molecule has 1 aliphatic rings. The fraction of sp³-hybridized carbons (Fsp3) is 0.190. The molecule has 13 heteroatoms. The van der Waals surface area contributed by atoms with Crippen LogP contribution in [0.3, 0.4) is 0 Å². The molecule has 0 radical (unpaired) electrons. The third kappa shape index (κ3) is 5.67. The highest BCUT2D eigenvalue weighted by molar-refractivity contribution is 7.92. The molecule has 10 nitrogen and oxygen atoms in total. The van der Waals surface area contributed by atoms with Crippen molar-refractivity contribution in [2.45, 2.75) is 22.6 Å². The Balaban J connectivity index is 1.36. The van der Waals surface area contributed by atoms with E-state index in [4.69, 9.17) is 12.2 Å². The number of nitrogens with one attached hydrogen (secondary N) is 3. The van der Waals surface area contributed by atoms with Crippen LogP contribution in [0.25, 0.3) is 0 Å². The maximum atomic E-state index is 12.6. The van der Waals surface area contributed by atoms with Gasteiger partial charge in [0.15, 0.2) is 5.11 Å². The minimum absolute atomic E-state index is 0.0191. The van der Waals surface area contributed by atoms with Gasteiger partial charge in [0.1, 0.15) is 0 Å². The zero-order chi connectivity index (χ0) is 24.2. The third-order valence-electron chi connectivity index (χ3n) is 5.03. The molecule has 3 N–H and O–H groups in total. The van der Waals surface area contributed by atoms with Crippen molar-refractivity contribution >= 4 is 54.7 Å². The highest BCUT2D eigenvalue weighted by atomic mass is 32.2. The van der Waals surface area contributed by atoms with Crippen LogP contribution in [0.5, 0.6) is 0 Å². The van der Waals surface area contributed by atoms with Crippen molar-refractivity contribution in [1.82, 2.24) is 14.3 Å². The highest BCUT2D eigenvalue weighted by Gasteiger charge is 2.26. The summed E-state index contributed by atoms with van der Waals surface area (Å²) in [6.07, 6.45) is 4.63. The number of hydrogen-bond acceptors (Lipinski definition) is 7. The van der Waals surface area contributed by atoms with Crippen LogP contribution in [-0.4, -0.2) is 49.3 Å². The Morgan fingerprint density at radius 3 is 1.82 bits per heavy atom. The Bertz CT molecular complexity index is 1360. The van der Waals surface area contributed by atoms with Crippen molar-refractivity contribution in [2.24, 2.45) is 0 Å². The van der Waals surface area contributed by atoms with Gasteiger partial charge in [-0.2, -0.15) is 4.31 Å². The number of aromatic nitrogens is 2. The summed E-state index contributed by atoms with van der Waals surface area (Å²) in [6.45, 7) is 1.10. The largest absolute Gasteiger partial charge is 0.332 e. The number of sulfonamides is 2. The second-order valence-corrected chi connectivity index (χ2v) is 11.4. The van der Waals surface area contributed by atoms with E-state index in [-0.39, 0.29) is 20.9 Å². The van der Waals surface area contributed by atoms with Crippen LogP contribution in [0.2, 0.25) is 0 Å². The molecule has 4 rings (SSSR count). The summed E-state index contributed by atoms with van der Waals surface area (Å²) in [5, 5.41) is 6.21. The molecular formula is C21H22N6O4S3. The Labute approximate surface area is 203 Å². The predicted octanol–water partition coefficient (Wildman–Crippen LogP) is 2.87. The number of thiocarbonyl (C=S) groups is 1. The van der Waals surface area contributed by atoms with Gasteiger partial charge in [-0.1, -0.05) is 0 Å². The zero-order valence-corrected chi connectivity index (χ0v) is 20.3. The molecule has 0 unspecified atom stereocenters. The van der Waals surface area contributed by atoms with E-state index < -0.39 is 20.0 Å². The Morgan fingerprint density at radius 1 is 0.794 bits per heavy atom. The quantitative estimate of drug-likeness (QED) is 0.404. The smallest absolute Gasteiger partial charge is 0.264 e. The van der Waals surface area contributed by atoms with E-state index in [1.54, 1.807) is 42.5 Å². The van der Waals surface area contributed by atoms with Crippen LogP contribution in [0.4, 0.5) is 17.3 Å². The first-order valence-corrected chi connectivity index (χ1v) is 13.7. The van der Waals surface area contributed by atoms with Crippen molar-refractivity contribution in [3.63, 3.8) is 0 Å². The molecule has 0 saturated carbocycles. The molecule has 3 aromatic rings. The summed E-state index contributed by atoms with van der Waals surface area (Å²) < 4.78 is 54.0. The van der Waals surface area contributed by atoms with Crippen molar-refractivity contribution in [3.8, 4) is 0 Å². The Morgan fingerprint density at radius 2 is 1.29 bits per heavy atom. The lowest BCUT2D eigenvalue weighted by Gasteiger charge is -2.16. The summed E-state index contributed by atoms with van der Waals surface area (Å²) in [5.74, 6) is -0.0191. The normalized spacial score (nSPS) is 14.5. The van der Waals surface area contributed by atoms with E-state index >= 15 is 0 Å². The van der Waals surface area contributed by atoms with Gasteiger partial charge in [0, 0.05) is 36.9 Å². The summed E-state index contributed by atoms with van der Waals surface area (Å²) >= 11 is 5.31. The third-order valence-corrected chi connectivity index (χ3v) is 8.49. The van der Waals surface area contributed by atoms with Gasteiger partial charge in [-0.25, -0.2) is 31.5 Å². The van der Waals surface area contributed by atoms with E-state index in [0.29, 0.717) is 24.5 Å². The number of rotatable bonds is 7. The maximum absolute atomic E-state index is 12.6. The van der Waals surface area contributed by atoms with Gasteiger partial charge in [-0.05, 0) is 79.7 Å². The van der Waals surface area contributed by atoms with Gasteiger partial charge in [0.05, 0.1) is 9.79 Å². The minimum Gasteiger partial charge on any atom is -0.332 e. The lowest BCUT2D eigenvalue weighted by Crippen LogP contribution is -2.27. The second kappa shape index (κ2) is 10.0. The molecule has 0 bridgehead atoms. The SMILES string of the molecule is O=S(=O)(Nc1ncccn1)c1ccc(NC(=S)Nc2ccc(S(=O)(=O)N3CCCC3)cc2)cc1. The summed E-state index contributed by atoms with van der Waals surface area (Å²) in [5.41, 5.74) is 1.18. The molecule has 1 saturated heterocycles. The Hall–Kier alpha value is -3.13. The Kier molecular flexibility index (Phi) is 7.07. The first-order valence-electron chi connectivity index (χ1n) is 10.3.